The van der Waals surface area contributed by atoms with E-state index in [9.17, 15) is 16.8 Å². The van der Waals surface area contributed by atoms with Gasteiger partial charge < -0.3 is 10.5 Å². The summed E-state index contributed by atoms with van der Waals surface area (Å²) < 4.78 is 56.5. The lowest BCUT2D eigenvalue weighted by atomic mass is 9.78. The number of fused-ring (bicyclic) bond motifs is 1. The van der Waals surface area contributed by atoms with Gasteiger partial charge in [-0.05, 0) is 42.9 Å². The summed E-state index contributed by atoms with van der Waals surface area (Å²) >= 11 is 0. The van der Waals surface area contributed by atoms with E-state index in [4.69, 9.17) is 10.5 Å². The van der Waals surface area contributed by atoms with E-state index >= 15 is 0 Å². The second-order valence-electron chi connectivity index (χ2n) is 6.93. The van der Waals surface area contributed by atoms with Crippen molar-refractivity contribution < 1.29 is 21.6 Å². The molecule has 25 heavy (non-hydrogen) atoms. The zero-order valence-electron chi connectivity index (χ0n) is 14.4. The molecule has 0 aromatic heterocycles. The quantitative estimate of drug-likeness (QED) is 0.819. The molecule has 1 heterocycles. The molecule has 1 aliphatic heterocycles. The van der Waals surface area contributed by atoms with Crippen LogP contribution in [-0.2, 0) is 19.9 Å². The van der Waals surface area contributed by atoms with Gasteiger partial charge in [0, 0.05) is 25.4 Å². The zero-order chi connectivity index (χ0) is 18.4. The highest BCUT2D eigenvalue weighted by Gasteiger charge is 2.44. The predicted molar refractivity (Wildman–Crippen MR) is 93.7 cm³/mol. The molecule has 140 valence electrons. The topological polar surface area (TPSA) is 107 Å². The first-order valence-electron chi connectivity index (χ1n) is 8.28. The van der Waals surface area contributed by atoms with E-state index in [2.05, 4.69) is 0 Å². The summed E-state index contributed by atoms with van der Waals surface area (Å²) in [6, 6.07) is 3.94. The molecule has 0 amide bonds. The van der Waals surface area contributed by atoms with Gasteiger partial charge in [-0.2, -0.15) is 4.31 Å². The standard InChI is InChI=1S/C16H24N2O5S2/c1-23-15-7-6-12(24(2,19)20)8-16(15)25(21,22)18-9-11-4-3-5-14(17)13(11)10-18/h6-8,11,13-14H,3-5,9-10,17H2,1-2H3. The average Bonchev–Trinajstić information content (AvgIpc) is 3.00. The van der Waals surface area contributed by atoms with Gasteiger partial charge in [0.2, 0.25) is 10.0 Å². The number of sulfone groups is 1. The summed E-state index contributed by atoms with van der Waals surface area (Å²) in [5.41, 5.74) is 6.18. The third-order valence-electron chi connectivity index (χ3n) is 5.30. The largest absolute Gasteiger partial charge is 0.495 e. The van der Waals surface area contributed by atoms with Gasteiger partial charge in [-0.25, -0.2) is 16.8 Å². The number of methoxy groups -OCH3 is 1. The zero-order valence-corrected chi connectivity index (χ0v) is 16.0. The van der Waals surface area contributed by atoms with E-state index < -0.39 is 19.9 Å². The number of benzene rings is 1. The highest BCUT2D eigenvalue weighted by Crippen LogP contribution is 2.39. The molecule has 2 aliphatic rings. The van der Waals surface area contributed by atoms with E-state index in [0.29, 0.717) is 13.1 Å². The van der Waals surface area contributed by atoms with Crippen molar-refractivity contribution in [3.8, 4) is 5.75 Å². The molecule has 2 N–H and O–H groups in total. The molecule has 3 atom stereocenters. The van der Waals surface area contributed by atoms with Crippen LogP contribution in [0.15, 0.2) is 28.0 Å². The minimum absolute atomic E-state index is 0.0169. The number of hydrogen-bond donors (Lipinski definition) is 1. The smallest absolute Gasteiger partial charge is 0.246 e. The Hall–Kier alpha value is -1.16. The minimum Gasteiger partial charge on any atom is -0.495 e. The van der Waals surface area contributed by atoms with Crippen LogP contribution < -0.4 is 10.5 Å². The Morgan fingerprint density at radius 3 is 2.48 bits per heavy atom. The molecule has 2 fully saturated rings. The predicted octanol–water partition coefficient (Wildman–Crippen LogP) is 0.847. The van der Waals surface area contributed by atoms with Crippen LogP contribution in [-0.4, -0.2) is 53.6 Å². The van der Waals surface area contributed by atoms with Crippen molar-refractivity contribution in [3.05, 3.63) is 18.2 Å². The Kier molecular flexibility index (Phi) is 4.87. The van der Waals surface area contributed by atoms with Gasteiger partial charge in [-0.3, -0.25) is 0 Å². The Bertz CT molecular complexity index is 867. The SMILES string of the molecule is COc1ccc(S(C)(=O)=O)cc1S(=O)(=O)N1CC2CCCC(N)C2C1. The van der Waals surface area contributed by atoms with Gasteiger partial charge in [0.15, 0.2) is 9.84 Å². The van der Waals surface area contributed by atoms with Crippen LogP contribution in [0.4, 0.5) is 0 Å². The van der Waals surface area contributed by atoms with Gasteiger partial charge in [-0.1, -0.05) is 6.42 Å². The summed E-state index contributed by atoms with van der Waals surface area (Å²) in [7, 11) is -6.01. The fraction of sp³-hybridized carbons (Fsp3) is 0.625. The molecule has 1 aromatic rings. The van der Waals surface area contributed by atoms with Crippen LogP contribution in [0.3, 0.4) is 0 Å². The van der Waals surface area contributed by atoms with Crippen LogP contribution in [0, 0.1) is 11.8 Å². The third-order valence-corrected chi connectivity index (χ3v) is 8.26. The monoisotopic (exact) mass is 388 g/mol. The van der Waals surface area contributed by atoms with Crippen LogP contribution in [0.25, 0.3) is 0 Å². The van der Waals surface area contributed by atoms with Crippen molar-refractivity contribution in [2.75, 3.05) is 26.5 Å². The van der Waals surface area contributed by atoms with Crippen LogP contribution >= 0.6 is 0 Å². The molecule has 0 spiro atoms. The van der Waals surface area contributed by atoms with Gasteiger partial charge in [0.1, 0.15) is 10.6 Å². The molecule has 3 unspecified atom stereocenters. The van der Waals surface area contributed by atoms with E-state index in [-0.39, 0.29) is 33.4 Å². The maximum absolute atomic E-state index is 13.2. The lowest BCUT2D eigenvalue weighted by molar-refractivity contribution is 0.260. The molecular weight excluding hydrogens is 364 g/mol. The van der Waals surface area contributed by atoms with Crippen molar-refractivity contribution in [2.24, 2.45) is 17.6 Å². The van der Waals surface area contributed by atoms with E-state index in [1.54, 1.807) is 0 Å². The molecule has 1 aliphatic carbocycles. The van der Waals surface area contributed by atoms with Gasteiger partial charge in [-0.15, -0.1) is 0 Å². The minimum atomic E-state index is -3.86. The first kappa shape index (κ1) is 18.6. The number of hydrogen-bond acceptors (Lipinski definition) is 6. The summed E-state index contributed by atoms with van der Waals surface area (Å²) in [5.74, 6) is 0.571. The number of nitrogens with zero attached hydrogens (tertiary/aromatic N) is 1. The summed E-state index contributed by atoms with van der Waals surface area (Å²) in [6.07, 6.45) is 3.96. The van der Waals surface area contributed by atoms with Gasteiger partial charge in [0.05, 0.1) is 12.0 Å². The summed E-state index contributed by atoms with van der Waals surface area (Å²) in [6.45, 7) is 0.799. The summed E-state index contributed by atoms with van der Waals surface area (Å²) in [4.78, 5) is -0.148. The van der Waals surface area contributed by atoms with Crippen molar-refractivity contribution in [1.29, 1.82) is 0 Å². The Labute approximate surface area is 149 Å². The van der Waals surface area contributed by atoms with Crippen molar-refractivity contribution in [1.82, 2.24) is 4.31 Å². The van der Waals surface area contributed by atoms with Crippen molar-refractivity contribution in [2.45, 2.75) is 35.1 Å². The number of rotatable bonds is 4. The first-order valence-corrected chi connectivity index (χ1v) is 11.6. The maximum atomic E-state index is 13.2. The van der Waals surface area contributed by atoms with Crippen molar-refractivity contribution >= 4 is 19.9 Å². The second-order valence-corrected chi connectivity index (χ2v) is 10.8. The van der Waals surface area contributed by atoms with E-state index in [1.807, 2.05) is 0 Å². The fourth-order valence-corrected chi connectivity index (χ4v) is 6.34. The average molecular weight is 389 g/mol. The highest BCUT2D eigenvalue weighted by atomic mass is 32.2. The Balaban J connectivity index is 2.00. The molecule has 1 saturated heterocycles. The Morgan fingerprint density at radius 2 is 1.88 bits per heavy atom. The number of sulfonamides is 1. The molecule has 1 saturated carbocycles. The molecule has 3 rings (SSSR count). The lowest BCUT2D eigenvalue weighted by Gasteiger charge is -2.29. The van der Waals surface area contributed by atoms with E-state index in [0.717, 1.165) is 25.5 Å². The Morgan fingerprint density at radius 1 is 1.16 bits per heavy atom. The highest BCUT2D eigenvalue weighted by molar-refractivity contribution is 7.91. The lowest BCUT2D eigenvalue weighted by Crippen LogP contribution is -2.38. The first-order chi connectivity index (χ1) is 11.6. The molecule has 7 nitrogen and oxygen atoms in total. The van der Waals surface area contributed by atoms with Crippen LogP contribution in [0.2, 0.25) is 0 Å². The number of ether oxygens (including phenoxy) is 1. The molecule has 0 radical (unpaired) electrons. The van der Waals surface area contributed by atoms with Crippen LogP contribution in [0.5, 0.6) is 5.75 Å². The van der Waals surface area contributed by atoms with E-state index in [1.165, 1.54) is 29.6 Å². The van der Waals surface area contributed by atoms with Crippen molar-refractivity contribution in [3.63, 3.8) is 0 Å². The molecule has 0 bridgehead atoms. The second kappa shape index (κ2) is 6.53. The molecule has 1 aromatic carbocycles. The van der Waals surface area contributed by atoms with Crippen LogP contribution in [0.1, 0.15) is 19.3 Å². The fourth-order valence-electron chi connectivity index (χ4n) is 3.90. The molecular formula is C16H24N2O5S2. The number of nitrogens with two attached hydrogens (primary N) is 1. The third kappa shape index (κ3) is 3.42. The van der Waals surface area contributed by atoms with Gasteiger partial charge in [0.25, 0.3) is 0 Å². The van der Waals surface area contributed by atoms with Gasteiger partial charge >= 0.3 is 0 Å². The maximum Gasteiger partial charge on any atom is 0.246 e. The summed E-state index contributed by atoms with van der Waals surface area (Å²) in [5, 5.41) is 0. The normalized spacial score (nSPS) is 27.9. The molecule has 9 heteroatoms.